The summed E-state index contributed by atoms with van der Waals surface area (Å²) < 4.78 is 37.6. The van der Waals surface area contributed by atoms with Crippen LogP contribution in [0, 0.1) is 11.3 Å². The summed E-state index contributed by atoms with van der Waals surface area (Å²) in [5, 5.41) is 11.9. The summed E-state index contributed by atoms with van der Waals surface area (Å²) in [5.74, 6) is 0. The highest BCUT2D eigenvalue weighted by Crippen LogP contribution is 2.31. The largest absolute Gasteiger partial charge is 0.416 e. The summed E-state index contributed by atoms with van der Waals surface area (Å²) in [6.07, 6.45) is -0.597. The molecule has 0 radical (unpaired) electrons. The first-order chi connectivity index (χ1) is 9.50. The zero-order valence-electron chi connectivity index (χ0n) is 10.3. The Kier molecular flexibility index (Phi) is 3.94. The third-order valence-corrected chi connectivity index (χ3v) is 2.73. The van der Waals surface area contributed by atoms with Gasteiger partial charge < -0.3 is 10.3 Å². The molecule has 0 aliphatic rings. The number of hydrogen-bond acceptors (Lipinski definition) is 3. The second kappa shape index (κ2) is 5.65. The molecule has 0 aliphatic heterocycles. The Bertz CT molecular complexity index is 612. The Balaban J connectivity index is 2.06. The molecule has 0 bridgehead atoms. The number of benzene rings is 1. The van der Waals surface area contributed by atoms with Crippen molar-refractivity contribution in [3.8, 4) is 6.07 Å². The molecule has 7 heteroatoms. The first-order valence-electron chi connectivity index (χ1n) is 5.83. The van der Waals surface area contributed by atoms with Gasteiger partial charge in [-0.15, -0.1) is 0 Å². The number of aromatic nitrogens is 2. The average molecular weight is 280 g/mol. The van der Waals surface area contributed by atoms with Crippen LogP contribution < -0.4 is 5.32 Å². The minimum absolute atomic E-state index is 0.0237. The van der Waals surface area contributed by atoms with Gasteiger partial charge in [0.25, 0.3) is 0 Å². The van der Waals surface area contributed by atoms with Crippen LogP contribution in [-0.2, 0) is 12.6 Å². The minimum Gasteiger partial charge on any atom is -0.384 e. The summed E-state index contributed by atoms with van der Waals surface area (Å²) in [5.41, 5.74) is 0.445. The number of anilines is 1. The lowest BCUT2D eigenvalue weighted by molar-refractivity contribution is -0.137. The summed E-state index contributed by atoms with van der Waals surface area (Å²) in [6.45, 7) is 0.488. The molecule has 0 aliphatic carbocycles. The Morgan fingerprint density at radius 1 is 1.35 bits per heavy atom. The third-order valence-electron chi connectivity index (χ3n) is 2.73. The lowest BCUT2D eigenvalue weighted by atomic mass is 10.1. The lowest BCUT2D eigenvalue weighted by Crippen LogP contribution is -2.09. The fourth-order valence-corrected chi connectivity index (χ4v) is 1.72. The van der Waals surface area contributed by atoms with Gasteiger partial charge in [-0.25, -0.2) is 4.98 Å². The normalized spacial score (nSPS) is 11.1. The maximum absolute atomic E-state index is 12.5. The van der Waals surface area contributed by atoms with Crippen LogP contribution in [0.1, 0.15) is 16.8 Å². The van der Waals surface area contributed by atoms with Crippen molar-refractivity contribution in [1.29, 1.82) is 5.26 Å². The molecule has 20 heavy (non-hydrogen) atoms. The maximum atomic E-state index is 12.5. The number of aromatic amines is 1. The molecule has 1 aromatic heterocycles. The number of halogens is 3. The van der Waals surface area contributed by atoms with E-state index in [4.69, 9.17) is 5.26 Å². The molecule has 1 aromatic carbocycles. The molecule has 2 aromatic rings. The number of nitrogens with one attached hydrogen (secondary N) is 2. The van der Waals surface area contributed by atoms with E-state index >= 15 is 0 Å². The Morgan fingerprint density at radius 2 is 2.15 bits per heavy atom. The van der Waals surface area contributed by atoms with Crippen LogP contribution in [-0.4, -0.2) is 16.5 Å². The van der Waals surface area contributed by atoms with Gasteiger partial charge in [0.15, 0.2) is 0 Å². The van der Waals surface area contributed by atoms with Crippen molar-refractivity contribution in [1.82, 2.24) is 9.97 Å². The highest BCUT2D eigenvalue weighted by molar-refractivity contribution is 5.59. The van der Waals surface area contributed by atoms with Gasteiger partial charge >= 0.3 is 6.18 Å². The van der Waals surface area contributed by atoms with E-state index in [0.717, 1.165) is 17.8 Å². The average Bonchev–Trinajstić information content (AvgIpc) is 2.91. The monoisotopic (exact) mass is 280 g/mol. The van der Waals surface area contributed by atoms with E-state index in [-0.39, 0.29) is 5.56 Å². The fourth-order valence-electron chi connectivity index (χ4n) is 1.72. The standard InChI is InChI=1S/C13H11F3N4/c14-13(15,16)10-1-2-12(9(5-10)6-17)19-4-3-11-7-18-8-20-11/h1-2,5,7-8,19H,3-4H2,(H,18,20). The van der Waals surface area contributed by atoms with Crippen molar-refractivity contribution in [3.63, 3.8) is 0 Å². The summed E-state index contributed by atoms with van der Waals surface area (Å²) in [7, 11) is 0. The molecule has 2 N–H and O–H groups in total. The Labute approximate surface area is 113 Å². The number of alkyl halides is 3. The second-order valence-electron chi connectivity index (χ2n) is 4.12. The van der Waals surface area contributed by atoms with Gasteiger partial charge in [-0.3, -0.25) is 0 Å². The van der Waals surface area contributed by atoms with Crippen LogP contribution >= 0.6 is 0 Å². The number of hydrogen-bond donors (Lipinski definition) is 2. The van der Waals surface area contributed by atoms with Crippen molar-refractivity contribution in [2.24, 2.45) is 0 Å². The van der Waals surface area contributed by atoms with Crippen molar-refractivity contribution in [2.45, 2.75) is 12.6 Å². The molecule has 0 atom stereocenters. The molecule has 0 saturated carbocycles. The molecule has 1 heterocycles. The summed E-state index contributed by atoms with van der Waals surface area (Å²) in [4.78, 5) is 6.78. The van der Waals surface area contributed by atoms with Crippen molar-refractivity contribution in [2.75, 3.05) is 11.9 Å². The Hall–Kier alpha value is -2.49. The van der Waals surface area contributed by atoms with E-state index in [1.54, 1.807) is 18.6 Å². The highest BCUT2D eigenvalue weighted by atomic mass is 19.4. The highest BCUT2D eigenvalue weighted by Gasteiger charge is 2.30. The lowest BCUT2D eigenvalue weighted by Gasteiger charge is -2.11. The second-order valence-corrected chi connectivity index (χ2v) is 4.12. The van der Waals surface area contributed by atoms with Crippen molar-refractivity contribution in [3.05, 3.63) is 47.5 Å². The number of nitrogens with zero attached hydrogens (tertiary/aromatic N) is 2. The number of H-pyrrole nitrogens is 1. The molecule has 0 spiro atoms. The van der Waals surface area contributed by atoms with Crippen LogP contribution in [0.3, 0.4) is 0 Å². The van der Waals surface area contributed by atoms with E-state index in [1.165, 1.54) is 6.07 Å². The zero-order chi connectivity index (χ0) is 14.6. The molecule has 0 unspecified atom stereocenters. The van der Waals surface area contributed by atoms with Gasteiger partial charge in [0.2, 0.25) is 0 Å². The molecule has 2 rings (SSSR count). The molecule has 4 nitrogen and oxygen atoms in total. The zero-order valence-corrected chi connectivity index (χ0v) is 10.3. The van der Waals surface area contributed by atoms with E-state index in [1.807, 2.05) is 0 Å². The molecular weight excluding hydrogens is 269 g/mol. The SMILES string of the molecule is N#Cc1cc(C(F)(F)F)ccc1NCCc1cnc[nH]1. The van der Waals surface area contributed by atoms with Gasteiger partial charge in [0.1, 0.15) is 6.07 Å². The molecular formula is C13H11F3N4. The van der Waals surface area contributed by atoms with Gasteiger partial charge in [-0.1, -0.05) is 0 Å². The van der Waals surface area contributed by atoms with E-state index in [9.17, 15) is 13.2 Å². The van der Waals surface area contributed by atoms with Crippen LogP contribution in [0.4, 0.5) is 18.9 Å². The van der Waals surface area contributed by atoms with Crippen molar-refractivity contribution >= 4 is 5.69 Å². The van der Waals surface area contributed by atoms with Gasteiger partial charge in [-0.2, -0.15) is 18.4 Å². The van der Waals surface area contributed by atoms with Crippen LogP contribution in [0.2, 0.25) is 0 Å². The van der Waals surface area contributed by atoms with Crippen molar-refractivity contribution < 1.29 is 13.2 Å². The Morgan fingerprint density at radius 3 is 2.75 bits per heavy atom. The molecule has 0 fully saturated rings. The van der Waals surface area contributed by atoms with Gasteiger partial charge in [0, 0.05) is 24.9 Å². The maximum Gasteiger partial charge on any atom is 0.416 e. The number of nitriles is 1. The minimum atomic E-state index is -4.44. The van der Waals surface area contributed by atoms with E-state index < -0.39 is 11.7 Å². The van der Waals surface area contributed by atoms with Crippen LogP contribution in [0.5, 0.6) is 0 Å². The van der Waals surface area contributed by atoms with Crippen LogP contribution in [0.25, 0.3) is 0 Å². The number of rotatable bonds is 4. The predicted molar refractivity (Wildman–Crippen MR) is 66.9 cm³/mol. The summed E-state index contributed by atoms with van der Waals surface area (Å²) >= 11 is 0. The topological polar surface area (TPSA) is 64.5 Å². The summed E-state index contributed by atoms with van der Waals surface area (Å²) in [6, 6.07) is 4.84. The van der Waals surface area contributed by atoms with Crippen LogP contribution in [0.15, 0.2) is 30.7 Å². The predicted octanol–water partition coefficient (Wildman–Crippen LogP) is 2.95. The quantitative estimate of drug-likeness (QED) is 0.905. The first kappa shape index (κ1) is 13.9. The molecule has 104 valence electrons. The van der Waals surface area contributed by atoms with E-state index in [0.29, 0.717) is 18.7 Å². The fraction of sp³-hybridized carbons (Fsp3) is 0.231. The molecule has 0 amide bonds. The first-order valence-corrected chi connectivity index (χ1v) is 5.83. The smallest absolute Gasteiger partial charge is 0.384 e. The number of imidazole rings is 1. The van der Waals surface area contributed by atoms with E-state index in [2.05, 4.69) is 15.3 Å². The van der Waals surface area contributed by atoms with Gasteiger partial charge in [0.05, 0.1) is 23.1 Å². The van der Waals surface area contributed by atoms with Gasteiger partial charge in [-0.05, 0) is 18.2 Å². The molecule has 0 saturated heterocycles. The third kappa shape index (κ3) is 3.29.